The van der Waals surface area contributed by atoms with E-state index in [2.05, 4.69) is 17.0 Å². The van der Waals surface area contributed by atoms with Crippen molar-refractivity contribution in [3.63, 3.8) is 0 Å². The number of likely N-dealkylation sites (tertiary alicyclic amines) is 1. The second-order valence-corrected chi connectivity index (χ2v) is 6.71. The van der Waals surface area contributed by atoms with Crippen LogP contribution in [-0.4, -0.2) is 60.1 Å². The summed E-state index contributed by atoms with van der Waals surface area (Å²) in [7, 11) is 4.02. The molecule has 114 valence electrons. The van der Waals surface area contributed by atoms with E-state index in [1.807, 2.05) is 37.2 Å². The van der Waals surface area contributed by atoms with E-state index in [1.165, 1.54) is 0 Å². The van der Waals surface area contributed by atoms with Crippen molar-refractivity contribution >= 4 is 5.91 Å². The van der Waals surface area contributed by atoms with Crippen LogP contribution < -0.4 is 0 Å². The van der Waals surface area contributed by atoms with Crippen molar-refractivity contribution in [3.05, 3.63) is 35.9 Å². The maximum absolute atomic E-state index is 13.1. The van der Waals surface area contributed by atoms with Gasteiger partial charge in [0.25, 0.3) is 0 Å². The topological polar surface area (TPSA) is 43.8 Å². The third-order valence-corrected chi connectivity index (χ3v) is 4.71. The maximum atomic E-state index is 13.1. The molecule has 0 aromatic heterocycles. The Morgan fingerprint density at radius 2 is 2.00 bits per heavy atom. The first-order chi connectivity index (χ1) is 10.0. The van der Waals surface area contributed by atoms with Gasteiger partial charge in [-0.25, -0.2) is 0 Å². The molecule has 1 saturated carbocycles. The summed E-state index contributed by atoms with van der Waals surface area (Å²) in [6.07, 6.45) is 2.16. The molecular weight excluding hydrogens is 264 g/mol. The molecule has 0 bridgehead atoms. The molecule has 4 nitrogen and oxygen atoms in total. The molecule has 1 amide bonds. The van der Waals surface area contributed by atoms with Gasteiger partial charge in [0.2, 0.25) is 5.91 Å². The summed E-state index contributed by atoms with van der Waals surface area (Å²) in [5, 5.41) is 9.98. The van der Waals surface area contributed by atoms with Gasteiger partial charge in [-0.15, -0.1) is 0 Å². The number of β-amino-alcohol motifs (C(OH)–C–C–N with tert-alkyl or cyclic N) is 1. The first kappa shape index (κ1) is 14.5. The number of rotatable bonds is 4. The fourth-order valence-corrected chi connectivity index (χ4v) is 3.52. The predicted octanol–water partition coefficient (Wildman–Crippen LogP) is 1.24. The van der Waals surface area contributed by atoms with E-state index in [-0.39, 0.29) is 23.5 Å². The van der Waals surface area contributed by atoms with Crippen LogP contribution >= 0.6 is 0 Å². The van der Waals surface area contributed by atoms with Crippen LogP contribution in [0.25, 0.3) is 0 Å². The normalized spacial score (nSPS) is 27.1. The summed E-state index contributed by atoms with van der Waals surface area (Å²) in [5.74, 6) is 0.206. The third kappa shape index (κ3) is 2.70. The molecule has 1 aromatic carbocycles. The van der Waals surface area contributed by atoms with E-state index in [9.17, 15) is 9.90 Å². The van der Waals surface area contributed by atoms with Crippen molar-refractivity contribution in [2.75, 3.05) is 27.2 Å². The van der Waals surface area contributed by atoms with Crippen molar-refractivity contribution in [1.29, 1.82) is 0 Å². The van der Waals surface area contributed by atoms with Gasteiger partial charge in [-0.1, -0.05) is 30.3 Å². The van der Waals surface area contributed by atoms with Crippen LogP contribution in [0, 0.1) is 0 Å². The summed E-state index contributed by atoms with van der Waals surface area (Å²) < 4.78 is 0. The molecule has 0 radical (unpaired) electrons. The summed E-state index contributed by atoms with van der Waals surface area (Å²) >= 11 is 0. The molecule has 2 unspecified atom stereocenters. The predicted molar refractivity (Wildman–Crippen MR) is 82.0 cm³/mol. The first-order valence-electron chi connectivity index (χ1n) is 7.72. The quantitative estimate of drug-likeness (QED) is 0.906. The molecule has 0 spiro atoms. The van der Waals surface area contributed by atoms with Crippen LogP contribution in [0.3, 0.4) is 0 Å². The van der Waals surface area contributed by atoms with E-state index in [0.29, 0.717) is 13.0 Å². The lowest BCUT2D eigenvalue weighted by Gasteiger charge is -2.30. The zero-order valence-corrected chi connectivity index (χ0v) is 12.8. The number of carbonyl (C=O) groups excluding carboxylic acids is 1. The van der Waals surface area contributed by atoms with E-state index >= 15 is 0 Å². The summed E-state index contributed by atoms with van der Waals surface area (Å²) in [4.78, 5) is 17.1. The minimum Gasteiger partial charge on any atom is -0.391 e. The minimum atomic E-state index is -0.384. The molecule has 21 heavy (non-hydrogen) atoms. The Hall–Kier alpha value is -1.39. The molecular formula is C17H24N2O2. The molecule has 1 aliphatic carbocycles. The monoisotopic (exact) mass is 288 g/mol. The summed E-state index contributed by atoms with van der Waals surface area (Å²) in [6, 6.07) is 10.2. The first-order valence-corrected chi connectivity index (χ1v) is 7.72. The molecule has 1 N–H and O–H groups in total. The Kier molecular flexibility index (Phi) is 3.76. The number of nitrogens with zero attached hydrogens (tertiary/aromatic N) is 2. The highest BCUT2D eigenvalue weighted by Crippen LogP contribution is 2.50. The number of hydrogen-bond donors (Lipinski definition) is 1. The Bertz CT molecular complexity index is 511. The van der Waals surface area contributed by atoms with E-state index in [0.717, 1.165) is 24.9 Å². The highest BCUT2D eigenvalue weighted by molar-refractivity contribution is 5.91. The Labute approximate surface area is 126 Å². The van der Waals surface area contributed by atoms with Gasteiger partial charge in [-0.05, 0) is 38.9 Å². The number of aliphatic hydroxyl groups excluding tert-OH is 1. The lowest BCUT2D eigenvalue weighted by atomic mass is 9.94. The Morgan fingerprint density at radius 3 is 2.57 bits per heavy atom. The molecule has 1 aromatic rings. The lowest BCUT2D eigenvalue weighted by molar-refractivity contribution is -0.135. The van der Waals surface area contributed by atoms with Crippen molar-refractivity contribution < 1.29 is 9.90 Å². The van der Waals surface area contributed by atoms with Gasteiger partial charge in [0.15, 0.2) is 0 Å². The summed E-state index contributed by atoms with van der Waals surface area (Å²) in [6.45, 7) is 1.29. The molecule has 4 heteroatoms. The van der Waals surface area contributed by atoms with Gasteiger partial charge in [0.05, 0.1) is 11.5 Å². The number of likely N-dealkylation sites (N-methyl/N-ethyl adjacent to an activating group) is 1. The standard InChI is InChI=1S/C17H24N2O2/c1-18(2)11-14-10-15(20)12-19(14)16(21)17(8-9-17)13-6-4-3-5-7-13/h3-7,14-15,20H,8-12H2,1-2H3. The molecule has 2 fully saturated rings. The van der Waals surface area contributed by atoms with E-state index in [1.54, 1.807) is 0 Å². The summed E-state index contributed by atoms with van der Waals surface area (Å²) in [5.41, 5.74) is 0.801. The van der Waals surface area contributed by atoms with E-state index < -0.39 is 0 Å². The lowest BCUT2D eigenvalue weighted by Crippen LogP contribution is -2.46. The average molecular weight is 288 g/mol. The Morgan fingerprint density at radius 1 is 1.33 bits per heavy atom. The second kappa shape index (κ2) is 5.43. The number of carbonyl (C=O) groups is 1. The molecule has 2 aliphatic rings. The average Bonchev–Trinajstić information content (AvgIpc) is 3.19. The van der Waals surface area contributed by atoms with Gasteiger partial charge in [0.1, 0.15) is 0 Å². The largest absolute Gasteiger partial charge is 0.391 e. The third-order valence-electron chi connectivity index (χ3n) is 4.71. The van der Waals surface area contributed by atoms with Gasteiger partial charge in [0, 0.05) is 19.1 Å². The molecule has 2 atom stereocenters. The zero-order chi connectivity index (χ0) is 15.0. The second-order valence-electron chi connectivity index (χ2n) is 6.71. The number of aliphatic hydroxyl groups is 1. The van der Waals surface area contributed by atoms with Crippen molar-refractivity contribution in [2.45, 2.75) is 36.8 Å². The zero-order valence-electron chi connectivity index (χ0n) is 12.8. The highest BCUT2D eigenvalue weighted by Gasteiger charge is 2.55. The van der Waals surface area contributed by atoms with Crippen LogP contribution in [0.15, 0.2) is 30.3 Å². The minimum absolute atomic E-state index is 0.128. The van der Waals surface area contributed by atoms with Crippen molar-refractivity contribution in [2.24, 2.45) is 0 Å². The number of benzene rings is 1. The smallest absolute Gasteiger partial charge is 0.233 e. The number of hydrogen-bond acceptors (Lipinski definition) is 3. The molecule has 3 rings (SSSR count). The molecule has 1 saturated heterocycles. The van der Waals surface area contributed by atoms with Gasteiger partial charge in [-0.2, -0.15) is 0 Å². The number of amides is 1. The van der Waals surface area contributed by atoms with Gasteiger partial charge in [-0.3, -0.25) is 4.79 Å². The van der Waals surface area contributed by atoms with Crippen LogP contribution in [0.4, 0.5) is 0 Å². The maximum Gasteiger partial charge on any atom is 0.233 e. The van der Waals surface area contributed by atoms with Gasteiger partial charge < -0.3 is 14.9 Å². The van der Waals surface area contributed by atoms with Crippen LogP contribution in [0.1, 0.15) is 24.8 Å². The van der Waals surface area contributed by atoms with Crippen LogP contribution in [-0.2, 0) is 10.2 Å². The Balaban J connectivity index is 1.81. The van der Waals surface area contributed by atoms with Crippen LogP contribution in [0.5, 0.6) is 0 Å². The fraction of sp³-hybridized carbons (Fsp3) is 0.588. The van der Waals surface area contributed by atoms with Gasteiger partial charge >= 0.3 is 0 Å². The van der Waals surface area contributed by atoms with Crippen LogP contribution in [0.2, 0.25) is 0 Å². The highest BCUT2D eigenvalue weighted by atomic mass is 16.3. The van der Waals surface area contributed by atoms with Crippen molar-refractivity contribution in [1.82, 2.24) is 9.80 Å². The SMILES string of the molecule is CN(C)CC1CC(O)CN1C(=O)C1(c2ccccc2)CC1. The molecule has 1 aliphatic heterocycles. The molecule has 1 heterocycles. The van der Waals surface area contributed by atoms with E-state index in [4.69, 9.17) is 0 Å². The fourth-order valence-electron chi connectivity index (χ4n) is 3.52. The van der Waals surface area contributed by atoms with Crippen molar-refractivity contribution in [3.8, 4) is 0 Å².